The second kappa shape index (κ2) is 6.99. The maximum Gasteiger partial charge on any atom is 0.416 e. The molecule has 122 valence electrons. The molecule has 0 aromatic heterocycles. The van der Waals surface area contributed by atoms with Crippen LogP contribution >= 0.6 is 15.9 Å². The fraction of sp³-hybridized carbons (Fsp3) is 0.133. The molecule has 3 nitrogen and oxygen atoms in total. The van der Waals surface area contributed by atoms with Crippen molar-refractivity contribution in [2.45, 2.75) is 12.7 Å². The number of amides is 2. The van der Waals surface area contributed by atoms with E-state index in [2.05, 4.69) is 26.6 Å². The molecular weight excluding hydrogens is 380 g/mol. The Balaban J connectivity index is 2.03. The van der Waals surface area contributed by atoms with Crippen molar-refractivity contribution < 1.29 is 22.4 Å². The van der Waals surface area contributed by atoms with E-state index in [0.29, 0.717) is 4.47 Å². The molecule has 0 aliphatic heterocycles. The van der Waals surface area contributed by atoms with Crippen molar-refractivity contribution in [3.8, 4) is 0 Å². The van der Waals surface area contributed by atoms with Gasteiger partial charge < -0.3 is 10.6 Å². The van der Waals surface area contributed by atoms with E-state index in [1.807, 2.05) is 0 Å². The summed E-state index contributed by atoms with van der Waals surface area (Å²) in [6.45, 7) is -0.334. The van der Waals surface area contributed by atoms with Crippen molar-refractivity contribution in [1.29, 1.82) is 0 Å². The lowest BCUT2D eigenvalue weighted by molar-refractivity contribution is -0.138. The molecule has 0 heterocycles. The van der Waals surface area contributed by atoms with Gasteiger partial charge in [-0.25, -0.2) is 9.18 Å². The highest BCUT2D eigenvalue weighted by Crippen LogP contribution is 2.31. The van der Waals surface area contributed by atoms with Crippen LogP contribution in [0.3, 0.4) is 0 Å². The number of hydrogen-bond acceptors (Lipinski definition) is 1. The molecule has 2 aromatic carbocycles. The smallest absolute Gasteiger partial charge is 0.334 e. The highest BCUT2D eigenvalue weighted by atomic mass is 79.9. The lowest BCUT2D eigenvalue weighted by Gasteiger charge is -2.13. The molecule has 2 rings (SSSR count). The van der Waals surface area contributed by atoms with E-state index in [1.165, 1.54) is 30.3 Å². The lowest BCUT2D eigenvalue weighted by atomic mass is 10.1. The van der Waals surface area contributed by atoms with Gasteiger partial charge in [0.05, 0.1) is 11.3 Å². The largest absolute Gasteiger partial charge is 0.416 e. The third kappa shape index (κ3) is 4.69. The van der Waals surface area contributed by atoms with Crippen LogP contribution in [-0.2, 0) is 12.7 Å². The Morgan fingerprint density at radius 1 is 1.13 bits per heavy atom. The number of rotatable bonds is 3. The Kier molecular flexibility index (Phi) is 5.25. The number of carbonyl (C=O) groups is 1. The summed E-state index contributed by atoms with van der Waals surface area (Å²) in [6, 6.07) is 8.13. The fourth-order valence-electron chi connectivity index (χ4n) is 1.88. The normalized spacial score (nSPS) is 11.2. The van der Waals surface area contributed by atoms with Crippen LogP contribution < -0.4 is 10.6 Å². The first kappa shape index (κ1) is 17.3. The van der Waals surface area contributed by atoms with Crippen LogP contribution in [0.4, 0.5) is 28.0 Å². The van der Waals surface area contributed by atoms with Crippen molar-refractivity contribution in [1.82, 2.24) is 5.32 Å². The SMILES string of the molecule is O=C(NCc1ccccc1C(F)(F)F)Nc1ccc(Br)cc1F. The summed E-state index contributed by atoms with van der Waals surface area (Å²) in [5, 5.41) is 4.51. The highest BCUT2D eigenvalue weighted by Gasteiger charge is 2.32. The lowest BCUT2D eigenvalue weighted by Crippen LogP contribution is -2.29. The first-order chi connectivity index (χ1) is 10.8. The Bertz CT molecular complexity index is 719. The highest BCUT2D eigenvalue weighted by molar-refractivity contribution is 9.10. The minimum absolute atomic E-state index is 0.0743. The van der Waals surface area contributed by atoms with Gasteiger partial charge in [0.2, 0.25) is 0 Å². The predicted molar refractivity (Wildman–Crippen MR) is 81.4 cm³/mol. The van der Waals surface area contributed by atoms with Crippen molar-refractivity contribution in [2.75, 3.05) is 5.32 Å². The number of hydrogen-bond donors (Lipinski definition) is 2. The topological polar surface area (TPSA) is 41.1 Å². The van der Waals surface area contributed by atoms with Gasteiger partial charge in [0.15, 0.2) is 0 Å². The second-order valence-electron chi connectivity index (χ2n) is 4.59. The van der Waals surface area contributed by atoms with Crippen LogP contribution in [0.15, 0.2) is 46.9 Å². The van der Waals surface area contributed by atoms with Gasteiger partial charge in [0.1, 0.15) is 5.82 Å². The Morgan fingerprint density at radius 2 is 1.83 bits per heavy atom. The molecular formula is C15H11BrF4N2O. The molecule has 0 aliphatic carbocycles. The Hall–Kier alpha value is -2.09. The number of carbonyl (C=O) groups excluding carboxylic acids is 1. The van der Waals surface area contributed by atoms with E-state index in [4.69, 9.17) is 0 Å². The van der Waals surface area contributed by atoms with Crippen LogP contribution in [-0.4, -0.2) is 6.03 Å². The summed E-state index contributed by atoms with van der Waals surface area (Å²) in [4.78, 5) is 11.7. The first-order valence-corrected chi connectivity index (χ1v) is 7.21. The van der Waals surface area contributed by atoms with Crippen LogP contribution in [0.5, 0.6) is 0 Å². The monoisotopic (exact) mass is 390 g/mol. The molecule has 23 heavy (non-hydrogen) atoms. The molecule has 8 heteroatoms. The van der Waals surface area contributed by atoms with Gasteiger partial charge in [0, 0.05) is 11.0 Å². The number of urea groups is 1. The summed E-state index contributed by atoms with van der Waals surface area (Å²) in [5.74, 6) is -0.662. The van der Waals surface area contributed by atoms with Gasteiger partial charge in [-0.2, -0.15) is 13.2 Å². The van der Waals surface area contributed by atoms with E-state index in [9.17, 15) is 22.4 Å². The van der Waals surface area contributed by atoms with E-state index in [0.717, 1.165) is 12.1 Å². The zero-order chi connectivity index (χ0) is 17.0. The summed E-state index contributed by atoms with van der Waals surface area (Å²) in [5.41, 5.74) is -0.976. The van der Waals surface area contributed by atoms with Crippen LogP contribution in [0.2, 0.25) is 0 Å². The maximum atomic E-state index is 13.6. The van der Waals surface area contributed by atoms with Gasteiger partial charge in [-0.15, -0.1) is 0 Å². The first-order valence-electron chi connectivity index (χ1n) is 6.42. The summed E-state index contributed by atoms with van der Waals surface area (Å²) >= 11 is 3.08. The van der Waals surface area contributed by atoms with Crippen molar-refractivity contribution >= 4 is 27.6 Å². The zero-order valence-corrected chi connectivity index (χ0v) is 13.1. The van der Waals surface area contributed by atoms with Gasteiger partial charge in [-0.3, -0.25) is 0 Å². The molecule has 0 unspecified atom stereocenters. The summed E-state index contributed by atoms with van der Waals surface area (Å²) in [7, 11) is 0. The van der Waals surface area contributed by atoms with Crippen molar-refractivity contribution in [3.63, 3.8) is 0 Å². The average molecular weight is 391 g/mol. The van der Waals surface area contributed by atoms with E-state index < -0.39 is 23.6 Å². The standard InChI is InChI=1S/C15H11BrF4N2O/c16-10-5-6-13(12(17)7-10)22-14(23)21-8-9-3-1-2-4-11(9)15(18,19)20/h1-7H,8H2,(H2,21,22,23). The molecule has 2 aromatic rings. The summed E-state index contributed by atoms with van der Waals surface area (Å²) < 4.78 is 52.6. The summed E-state index contributed by atoms with van der Waals surface area (Å²) in [6.07, 6.45) is -4.51. The molecule has 0 bridgehead atoms. The van der Waals surface area contributed by atoms with Gasteiger partial charge >= 0.3 is 12.2 Å². The minimum atomic E-state index is -4.51. The second-order valence-corrected chi connectivity index (χ2v) is 5.50. The third-order valence-corrected chi connectivity index (χ3v) is 3.43. The van der Waals surface area contributed by atoms with Crippen molar-refractivity contribution in [3.05, 3.63) is 63.9 Å². The maximum absolute atomic E-state index is 13.6. The fourth-order valence-corrected chi connectivity index (χ4v) is 2.22. The molecule has 2 amide bonds. The molecule has 2 N–H and O–H groups in total. The van der Waals surface area contributed by atoms with E-state index in [-0.39, 0.29) is 17.8 Å². The number of nitrogens with one attached hydrogen (secondary N) is 2. The van der Waals surface area contributed by atoms with E-state index >= 15 is 0 Å². The molecule has 0 atom stereocenters. The number of halogens is 5. The van der Waals surface area contributed by atoms with Gasteiger partial charge in [-0.1, -0.05) is 34.1 Å². The third-order valence-electron chi connectivity index (χ3n) is 2.94. The zero-order valence-electron chi connectivity index (χ0n) is 11.5. The van der Waals surface area contributed by atoms with Crippen LogP contribution in [0.25, 0.3) is 0 Å². The number of anilines is 1. The molecule has 0 saturated heterocycles. The number of alkyl halides is 3. The molecule has 0 spiro atoms. The quantitative estimate of drug-likeness (QED) is 0.716. The Labute approximate surface area is 137 Å². The van der Waals surface area contributed by atoms with Crippen molar-refractivity contribution in [2.24, 2.45) is 0 Å². The van der Waals surface area contributed by atoms with Crippen LogP contribution in [0.1, 0.15) is 11.1 Å². The minimum Gasteiger partial charge on any atom is -0.334 e. The number of benzene rings is 2. The molecule has 0 saturated carbocycles. The molecule has 0 radical (unpaired) electrons. The van der Waals surface area contributed by atoms with Gasteiger partial charge in [0.25, 0.3) is 0 Å². The predicted octanol–water partition coefficient (Wildman–Crippen LogP) is 4.93. The van der Waals surface area contributed by atoms with E-state index in [1.54, 1.807) is 0 Å². The average Bonchev–Trinajstić information content (AvgIpc) is 2.47. The Morgan fingerprint density at radius 3 is 2.48 bits per heavy atom. The molecule has 0 aliphatic rings. The molecule has 0 fully saturated rings. The van der Waals surface area contributed by atoms with Gasteiger partial charge in [-0.05, 0) is 29.8 Å². The van der Waals surface area contributed by atoms with Crippen LogP contribution in [0, 0.1) is 5.82 Å².